The molecule has 0 bridgehead atoms. The molecule has 0 fully saturated rings. The molecule has 1 atom stereocenters. The molecule has 0 spiro atoms. The Kier molecular flexibility index (Phi) is 22.3. The first kappa shape index (κ1) is 34.1. The van der Waals surface area contributed by atoms with E-state index < -0.39 is 8.80 Å². The van der Waals surface area contributed by atoms with Crippen LogP contribution in [0.5, 0.6) is 0 Å². The Morgan fingerprint density at radius 1 is 0.588 bits per heavy atom. The van der Waals surface area contributed by atoms with Crippen LogP contribution in [0.2, 0.25) is 5.54 Å². The standard InChI is InChI=1S/C29H63NO3Si/c1-8-13-14-15-16-17-18-19-20-21-22-23-24-25-28(27-29(6,7)30-26-9-2)34(31-10-3,32-11-4)33-12-5/h28,30H,8-27H2,1-7H3. The van der Waals surface area contributed by atoms with Crippen LogP contribution in [0.4, 0.5) is 0 Å². The summed E-state index contributed by atoms with van der Waals surface area (Å²) in [5, 5.41) is 3.74. The van der Waals surface area contributed by atoms with Crippen molar-refractivity contribution in [3.05, 3.63) is 0 Å². The molecule has 0 radical (unpaired) electrons. The highest BCUT2D eigenvalue weighted by molar-refractivity contribution is 6.62. The highest BCUT2D eigenvalue weighted by Gasteiger charge is 2.50. The van der Waals surface area contributed by atoms with Crippen molar-refractivity contribution < 1.29 is 13.3 Å². The van der Waals surface area contributed by atoms with E-state index in [1.807, 2.05) is 0 Å². The fourth-order valence-corrected chi connectivity index (χ4v) is 8.53. The van der Waals surface area contributed by atoms with Gasteiger partial charge in [0.15, 0.2) is 0 Å². The van der Waals surface area contributed by atoms with Crippen molar-refractivity contribution in [2.75, 3.05) is 26.4 Å². The number of nitrogens with one attached hydrogen (secondary N) is 1. The second-order valence-corrected chi connectivity index (χ2v) is 13.5. The lowest BCUT2D eigenvalue weighted by Crippen LogP contribution is -2.53. The third-order valence-electron chi connectivity index (χ3n) is 6.80. The first-order valence-corrected chi connectivity index (χ1v) is 16.9. The van der Waals surface area contributed by atoms with Gasteiger partial charge in [-0.25, -0.2) is 0 Å². The summed E-state index contributed by atoms with van der Waals surface area (Å²) in [6, 6.07) is 0. The van der Waals surface area contributed by atoms with Crippen LogP contribution in [0, 0.1) is 0 Å². The monoisotopic (exact) mass is 501 g/mol. The highest BCUT2D eigenvalue weighted by atomic mass is 28.4. The van der Waals surface area contributed by atoms with Crippen molar-refractivity contribution in [2.45, 2.75) is 162 Å². The maximum absolute atomic E-state index is 6.35. The summed E-state index contributed by atoms with van der Waals surface area (Å²) in [5.74, 6) is 0. The van der Waals surface area contributed by atoms with E-state index in [1.54, 1.807) is 0 Å². The first-order chi connectivity index (χ1) is 16.4. The molecule has 1 N–H and O–H groups in total. The Hall–Kier alpha value is 0.0569. The van der Waals surface area contributed by atoms with Crippen LogP contribution in [0.25, 0.3) is 0 Å². The summed E-state index contributed by atoms with van der Waals surface area (Å²) in [4.78, 5) is 0. The van der Waals surface area contributed by atoms with Gasteiger partial charge in [0.05, 0.1) is 0 Å². The van der Waals surface area contributed by atoms with Gasteiger partial charge in [0.1, 0.15) is 0 Å². The molecule has 0 heterocycles. The van der Waals surface area contributed by atoms with Crippen LogP contribution in [-0.4, -0.2) is 40.7 Å². The van der Waals surface area contributed by atoms with Gasteiger partial charge in [-0.05, 0) is 60.4 Å². The number of unbranched alkanes of at least 4 members (excludes halogenated alkanes) is 12. The molecule has 34 heavy (non-hydrogen) atoms. The van der Waals surface area contributed by atoms with Gasteiger partial charge in [0.25, 0.3) is 0 Å². The second-order valence-electron chi connectivity index (χ2n) is 10.6. The molecule has 0 aromatic heterocycles. The first-order valence-electron chi connectivity index (χ1n) is 15.1. The molecule has 0 saturated heterocycles. The van der Waals surface area contributed by atoms with Crippen molar-refractivity contribution in [3.8, 4) is 0 Å². The van der Waals surface area contributed by atoms with Gasteiger partial charge in [-0.3, -0.25) is 0 Å². The van der Waals surface area contributed by atoms with Gasteiger partial charge in [-0.1, -0.05) is 97.3 Å². The summed E-state index contributed by atoms with van der Waals surface area (Å²) in [6.45, 7) is 18.4. The molecule has 5 heteroatoms. The molecule has 1 unspecified atom stereocenters. The Labute approximate surface area is 216 Å². The van der Waals surface area contributed by atoms with Gasteiger partial charge in [-0.15, -0.1) is 0 Å². The molecular weight excluding hydrogens is 438 g/mol. The molecule has 0 saturated carbocycles. The maximum atomic E-state index is 6.35. The normalized spacial score (nSPS) is 13.5. The van der Waals surface area contributed by atoms with Crippen LogP contribution in [0.1, 0.15) is 151 Å². The third kappa shape index (κ3) is 16.7. The Bertz CT molecular complexity index is 417. The molecular formula is C29H63NO3Si. The van der Waals surface area contributed by atoms with E-state index in [0.29, 0.717) is 25.4 Å². The zero-order valence-electron chi connectivity index (χ0n) is 24.4. The van der Waals surface area contributed by atoms with Crippen LogP contribution < -0.4 is 5.32 Å². The molecule has 0 aliphatic carbocycles. The summed E-state index contributed by atoms with van der Waals surface area (Å²) in [6.07, 6.45) is 21.4. The molecule has 0 amide bonds. The number of hydrogen-bond donors (Lipinski definition) is 1. The van der Waals surface area contributed by atoms with E-state index >= 15 is 0 Å². The third-order valence-corrected chi connectivity index (χ3v) is 10.4. The van der Waals surface area contributed by atoms with Crippen molar-refractivity contribution in [3.63, 3.8) is 0 Å². The molecule has 0 aromatic carbocycles. The van der Waals surface area contributed by atoms with E-state index in [-0.39, 0.29) is 5.54 Å². The fourth-order valence-electron chi connectivity index (χ4n) is 5.05. The average Bonchev–Trinajstić information content (AvgIpc) is 2.80. The molecule has 0 aliphatic rings. The second kappa shape index (κ2) is 22.3. The van der Waals surface area contributed by atoms with Gasteiger partial charge < -0.3 is 18.6 Å². The Balaban J connectivity index is 4.57. The largest absolute Gasteiger partial charge is 0.504 e. The summed E-state index contributed by atoms with van der Waals surface area (Å²) in [7, 11) is -2.72. The lowest BCUT2D eigenvalue weighted by molar-refractivity contribution is 0.0549. The SMILES string of the molecule is CCCCCCCCCCCCCCCC(CC(C)(C)NCCC)[Si](OCC)(OCC)OCC. The lowest BCUT2D eigenvalue weighted by atomic mass is 9.95. The van der Waals surface area contributed by atoms with Gasteiger partial charge in [0.2, 0.25) is 0 Å². The zero-order chi connectivity index (χ0) is 25.5. The predicted octanol–water partition coefficient (Wildman–Crippen LogP) is 9.05. The lowest BCUT2D eigenvalue weighted by Gasteiger charge is -2.39. The van der Waals surface area contributed by atoms with E-state index in [9.17, 15) is 0 Å². The minimum Gasteiger partial charge on any atom is -0.374 e. The van der Waals surface area contributed by atoms with Crippen LogP contribution in [0.15, 0.2) is 0 Å². The minimum absolute atomic E-state index is 0.0563. The average molecular weight is 502 g/mol. The van der Waals surface area contributed by atoms with E-state index in [0.717, 1.165) is 25.8 Å². The number of rotatable bonds is 26. The molecule has 0 aromatic rings. The molecule has 4 nitrogen and oxygen atoms in total. The molecule has 206 valence electrons. The Morgan fingerprint density at radius 2 is 1.00 bits per heavy atom. The minimum atomic E-state index is -2.72. The van der Waals surface area contributed by atoms with E-state index in [4.69, 9.17) is 13.3 Å². The van der Waals surface area contributed by atoms with Crippen LogP contribution >= 0.6 is 0 Å². The topological polar surface area (TPSA) is 39.7 Å². The molecule has 0 aliphatic heterocycles. The van der Waals surface area contributed by atoms with Gasteiger partial charge >= 0.3 is 8.80 Å². The number of hydrogen-bond acceptors (Lipinski definition) is 4. The van der Waals surface area contributed by atoms with Gasteiger partial charge in [-0.2, -0.15) is 0 Å². The summed E-state index contributed by atoms with van der Waals surface area (Å²) >= 11 is 0. The quantitative estimate of drug-likeness (QED) is 0.0947. The zero-order valence-corrected chi connectivity index (χ0v) is 25.4. The van der Waals surface area contributed by atoms with E-state index in [1.165, 1.54) is 83.5 Å². The fraction of sp³-hybridized carbons (Fsp3) is 1.00. The van der Waals surface area contributed by atoms with Gasteiger partial charge in [0, 0.05) is 30.9 Å². The van der Waals surface area contributed by atoms with Crippen molar-refractivity contribution in [2.24, 2.45) is 0 Å². The van der Waals surface area contributed by atoms with Crippen molar-refractivity contribution in [1.82, 2.24) is 5.32 Å². The predicted molar refractivity (Wildman–Crippen MR) is 152 cm³/mol. The van der Waals surface area contributed by atoms with E-state index in [2.05, 4.69) is 53.8 Å². The summed E-state index contributed by atoms with van der Waals surface area (Å²) < 4.78 is 19.1. The Morgan fingerprint density at radius 3 is 1.38 bits per heavy atom. The van der Waals surface area contributed by atoms with Crippen LogP contribution in [0.3, 0.4) is 0 Å². The smallest absolute Gasteiger partial charge is 0.374 e. The summed E-state index contributed by atoms with van der Waals surface area (Å²) in [5.41, 5.74) is 0.403. The van der Waals surface area contributed by atoms with Crippen molar-refractivity contribution in [1.29, 1.82) is 0 Å². The van der Waals surface area contributed by atoms with Crippen molar-refractivity contribution >= 4 is 8.80 Å². The highest BCUT2D eigenvalue weighted by Crippen LogP contribution is 2.38. The van der Waals surface area contributed by atoms with Crippen LogP contribution in [-0.2, 0) is 13.3 Å². The maximum Gasteiger partial charge on any atom is 0.504 e. The molecule has 0 rings (SSSR count).